The van der Waals surface area contributed by atoms with Gasteiger partial charge in [-0.1, -0.05) is 11.3 Å². The van der Waals surface area contributed by atoms with Gasteiger partial charge in [-0.15, -0.1) is 5.10 Å². The lowest BCUT2D eigenvalue weighted by Gasteiger charge is -2.30. The Labute approximate surface area is 185 Å². The number of rotatable bonds is 4. The van der Waals surface area contributed by atoms with Gasteiger partial charge in [-0.25, -0.2) is 22.7 Å². The molecule has 1 aliphatic heterocycles. The summed E-state index contributed by atoms with van der Waals surface area (Å²) in [6.07, 6.45) is 2.95. The van der Waals surface area contributed by atoms with Crippen molar-refractivity contribution in [2.75, 3.05) is 23.3 Å². The van der Waals surface area contributed by atoms with E-state index in [1.165, 1.54) is 23.5 Å². The van der Waals surface area contributed by atoms with E-state index in [2.05, 4.69) is 20.3 Å². The standard InChI is InChI=1S/C22H18F3N5OS/c23-15-3-1-13(2-4-15)19-12-30-21(27-19)32-22(28-30)29-9-7-14(8-10-29)20(31)26-18-11-16(24)5-6-17(18)25/h1-6,11-12,14H,7-10H2,(H,26,31). The molecule has 2 aromatic heterocycles. The maximum atomic E-state index is 13.8. The molecule has 1 amide bonds. The Morgan fingerprint density at radius 1 is 1.03 bits per heavy atom. The van der Waals surface area contributed by atoms with E-state index in [1.54, 1.807) is 22.8 Å². The maximum absolute atomic E-state index is 13.8. The second-order valence-electron chi connectivity index (χ2n) is 7.62. The first-order valence-electron chi connectivity index (χ1n) is 10.1. The zero-order chi connectivity index (χ0) is 22.2. The van der Waals surface area contributed by atoms with Crippen LogP contribution in [-0.4, -0.2) is 33.6 Å². The molecule has 0 aliphatic carbocycles. The molecule has 2 aromatic carbocycles. The maximum Gasteiger partial charge on any atom is 0.227 e. The number of imidazole rings is 1. The van der Waals surface area contributed by atoms with Crippen LogP contribution in [0.1, 0.15) is 12.8 Å². The fraction of sp³-hybridized carbons (Fsp3) is 0.227. The third-order valence-electron chi connectivity index (χ3n) is 5.50. The Bertz CT molecular complexity index is 1250. The summed E-state index contributed by atoms with van der Waals surface area (Å²) in [7, 11) is 0. The van der Waals surface area contributed by atoms with Crippen LogP contribution in [-0.2, 0) is 4.79 Å². The smallest absolute Gasteiger partial charge is 0.227 e. The third kappa shape index (κ3) is 4.05. The summed E-state index contributed by atoms with van der Waals surface area (Å²) in [6.45, 7) is 1.23. The number of amides is 1. The molecule has 164 valence electrons. The highest BCUT2D eigenvalue weighted by molar-refractivity contribution is 7.20. The normalized spacial score (nSPS) is 14.8. The molecule has 10 heteroatoms. The number of benzene rings is 2. The number of carbonyl (C=O) groups excluding carboxylic acids is 1. The van der Waals surface area contributed by atoms with Gasteiger partial charge >= 0.3 is 0 Å². The number of fused-ring (bicyclic) bond motifs is 1. The first-order chi connectivity index (χ1) is 15.5. The number of hydrogen-bond donors (Lipinski definition) is 1. The predicted octanol–water partition coefficient (Wildman–Crippen LogP) is 4.73. The topological polar surface area (TPSA) is 62.5 Å². The van der Waals surface area contributed by atoms with Gasteiger partial charge in [-0.3, -0.25) is 4.79 Å². The van der Waals surface area contributed by atoms with E-state index in [0.717, 1.165) is 39.5 Å². The van der Waals surface area contributed by atoms with Gasteiger partial charge in [0.05, 0.1) is 17.6 Å². The minimum Gasteiger partial charge on any atom is -0.347 e. The van der Waals surface area contributed by atoms with Gasteiger partial charge in [0.15, 0.2) is 0 Å². The highest BCUT2D eigenvalue weighted by Crippen LogP contribution is 2.30. The van der Waals surface area contributed by atoms with Crippen LogP contribution in [0.3, 0.4) is 0 Å². The van der Waals surface area contributed by atoms with Crippen LogP contribution in [0.25, 0.3) is 16.2 Å². The molecule has 0 radical (unpaired) electrons. The Kier molecular flexibility index (Phi) is 5.30. The van der Waals surface area contributed by atoms with Gasteiger partial charge in [0.2, 0.25) is 16.0 Å². The van der Waals surface area contributed by atoms with E-state index >= 15 is 0 Å². The van der Waals surface area contributed by atoms with Crippen LogP contribution in [0, 0.1) is 23.4 Å². The van der Waals surface area contributed by atoms with Crippen LogP contribution < -0.4 is 10.2 Å². The molecule has 3 heterocycles. The highest BCUT2D eigenvalue weighted by Gasteiger charge is 2.27. The summed E-state index contributed by atoms with van der Waals surface area (Å²) in [5.41, 5.74) is 1.39. The van der Waals surface area contributed by atoms with Crippen molar-refractivity contribution in [3.05, 3.63) is 66.1 Å². The molecule has 5 rings (SSSR count). The summed E-state index contributed by atoms with van der Waals surface area (Å²) >= 11 is 1.44. The van der Waals surface area contributed by atoms with E-state index in [0.29, 0.717) is 25.9 Å². The summed E-state index contributed by atoms with van der Waals surface area (Å²) in [4.78, 5) is 19.9. The van der Waals surface area contributed by atoms with Crippen molar-refractivity contribution in [1.29, 1.82) is 0 Å². The second-order valence-corrected chi connectivity index (χ2v) is 8.55. The lowest BCUT2D eigenvalue weighted by atomic mass is 9.96. The van der Waals surface area contributed by atoms with Gasteiger partial charge < -0.3 is 10.2 Å². The van der Waals surface area contributed by atoms with Crippen molar-refractivity contribution in [3.8, 4) is 11.3 Å². The van der Waals surface area contributed by atoms with Gasteiger partial charge in [-0.05, 0) is 49.2 Å². The summed E-state index contributed by atoms with van der Waals surface area (Å²) in [5, 5.41) is 7.89. The van der Waals surface area contributed by atoms with Crippen LogP contribution in [0.4, 0.5) is 24.0 Å². The number of aromatic nitrogens is 3. The zero-order valence-corrected chi connectivity index (χ0v) is 17.6. The molecule has 1 N–H and O–H groups in total. The molecule has 0 bridgehead atoms. The lowest BCUT2D eigenvalue weighted by molar-refractivity contribution is -0.120. The SMILES string of the molecule is O=C(Nc1cc(F)ccc1F)C1CCN(c2nn3cc(-c4ccc(F)cc4)nc3s2)CC1. The number of nitrogens with zero attached hydrogens (tertiary/aromatic N) is 4. The van der Waals surface area contributed by atoms with Crippen molar-refractivity contribution in [2.24, 2.45) is 5.92 Å². The Hall–Kier alpha value is -3.40. The summed E-state index contributed by atoms with van der Waals surface area (Å²) in [6, 6.07) is 9.12. The fourth-order valence-electron chi connectivity index (χ4n) is 3.74. The Morgan fingerprint density at radius 3 is 2.47 bits per heavy atom. The number of anilines is 2. The number of piperidine rings is 1. The van der Waals surface area contributed by atoms with Gasteiger partial charge in [0, 0.05) is 30.6 Å². The van der Waals surface area contributed by atoms with Crippen molar-refractivity contribution in [1.82, 2.24) is 14.6 Å². The van der Waals surface area contributed by atoms with Crippen molar-refractivity contribution >= 4 is 33.0 Å². The van der Waals surface area contributed by atoms with Crippen LogP contribution in [0.15, 0.2) is 48.7 Å². The molecule has 0 spiro atoms. The number of nitrogens with one attached hydrogen (secondary N) is 1. The quantitative estimate of drug-likeness (QED) is 0.481. The third-order valence-corrected chi connectivity index (χ3v) is 6.48. The molecule has 1 fully saturated rings. The molecule has 4 aromatic rings. The molecule has 1 aliphatic rings. The molecular formula is C22H18F3N5OS. The molecule has 6 nitrogen and oxygen atoms in total. The van der Waals surface area contributed by atoms with Crippen LogP contribution in [0.5, 0.6) is 0 Å². The molecule has 0 atom stereocenters. The van der Waals surface area contributed by atoms with Crippen molar-refractivity contribution < 1.29 is 18.0 Å². The largest absolute Gasteiger partial charge is 0.347 e. The van der Waals surface area contributed by atoms with Crippen LogP contribution >= 0.6 is 11.3 Å². The lowest BCUT2D eigenvalue weighted by Crippen LogP contribution is -2.38. The number of hydrogen-bond acceptors (Lipinski definition) is 5. The van der Waals surface area contributed by atoms with Crippen LogP contribution in [0.2, 0.25) is 0 Å². The average Bonchev–Trinajstić information content (AvgIpc) is 3.36. The predicted molar refractivity (Wildman–Crippen MR) is 116 cm³/mol. The van der Waals surface area contributed by atoms with Crippen molar-refractivity contribution in [3.63, 3.8) is 0 Å². The molecule has 0 saturated carbocycles. The molecule has 32 heavy (non-hydrogen) atoms. The van der Waals surface area contributed by atoms with E-state index in [4.69, 9.17) is 0 Å². The fourth-order valence-corrected chi connectivity index (χ4v) is 4.67. The monoisotopic (exact) mass is 457 g/mol. The average molecular weight is 457 g/mol. The minimum absolute atomic E-state index is 0.143. The summed E-state index contributed by atoms with van der Waals surface area (Å²) < 4.78 is 41.9. The molecule has 0 unspecified atom stereocenters. The van der Waals surface area contributed by atoms with E-state index in [9.17, 15) is 18.0 Å². The van der Waals surface area contributed by atoms with Gasteiger partial charge in [0.1, 0.15) is 17.5 Å². The Balaban J connectivity index is 1.23. The number of halogens is 3. The van der Waals surface area contributed by atoms with Crippen molar-refractivity contribution in [2.45, 2.75) is 12.8 Å². The van der Waals surface area contributed by atoms with E-state index in [1.807, 2.05) is 0 Å². The van der Waals surface area contributed by atoms with Gasteiger partial charge in [0.25, 0.3) is 0 Å². The highest BCUT2D eigenvalue weighted by atomic mass is 32.1. The number of carbonyl (C=O) groups is 1. The first-order valence-corrected chi connectivity index (χ1v) is 10.9. The molecule has 1 saturated heterocycles. The zero-order valence-electron chi connectivity index (χ0n) is 16.8. The van der Waals surface area contributed by atoms with E-state index in [-0.39, 0.29) is 23.3 Å². The summed E-state index contributed by atoms with van der Waals surface area (Å²) in [5.74, 6) is -2.17. The minimum atomic E-state index is -0.664. The second kappa shape index (κ2) is 8.27. The molecular weight excluding hydrogens is 439 g/mol. The first kappa shape index (κ1) is 20.5. The van der Waals surface area contributed by atoms with E-state index < -0.39 is 11.6 Å². The Morgan fingerprint density at radius 2 is 1.75 bits per heavy atom. The van der Waals surface area contributed by atoms with Gasteiger partial charge in [-0.2, -0.15) is 0 Å².